The molecule has 0 bridgehead atoms. The Labute approximate surface area is 179 Å². The van der Waals surface area contributed by atoms with Gasteiger partial charge in [-0.25, -0.2) is 9.18 Å². The van der Waals surface area contributed by atoms with E-state index in [4.69, 9.17) is 0 Å². The lowest BCUT2D eigenvalue weighted by molar-refractivity contribution is 0.244. The molecule has 1 atom stereocenters. The van der Waals surface area contributed by atoms with Crippen LogP contribution in [0.3, 0.4) is 0 Å². The van der Waals surface area contributed by atoms with Gasteiger partial charge in [-0.15, -0.1) is 0 Å². The molecule has 1 aliphatic rings. The molecule has 1 fully saturated rings. The number of hydrogen-bond donors (Lipinski definition) is 2. The van der Waals surface area contributed by atoms with Crippen LogP contribution in [0.5, 0.6) is 0 Å². The fourth-order valence-corrected chi connectivity index (χ4v) is 3.91. The van der Waals surface area contributed by atoms with Gasteiger partial charge in [-0.2, -0.15) is 0 Å². The third-order valence-electron chi connectivity index (χ3n) is 5.83. The Morgan fingerprint density at radius 1 is 1.07 bits per heavy atom. The summed E-state index contributed by atoms with van der Waals surface area (Å²) in [5.74, 6) is -0.107. The molecule has 0 aliphatic carbocycles. The Morgan fingerprint density at radius 3 is 2.30 bits per heavy atom. The molecule has 0 saturated carbocycles. The molecule has 2 amide bonds. The van der Waals surface area contributed by atoms with E-state index in [0.717, 1.165) is 49.5 Å². The topological polar surface area (TPSA) is 47.6 Å². The van der Waals surface area contributed by atoms with Gasteiger partial charge in [0.15, 0.2) is 0 Å². The first kappa shape index (κ1) is 22.1. The zero-order valence-electron chi connectivity index (χ0n) is 18.4. The van der Waals surface area contributed by atoms with Gasteiger partial charge in [0, 0.05) is 37.6 Å². The van der Waals surface area contributed by atoms with Crippen molar-refractivity contribution in [3.8, 4) is 0 Å². The highest BCUT2D eigenvalue weighted by molar-refractivity contribution is 5.90. The lowest BCUT2D eigenvalue weighted by Gasteiger charge is -2.35. The van der Waals surface area contributed by atoms with Crippen molar-refractivity contribution in [1.82, 2.24) is 10.2 Å². The Bertz CT molecular complexity index is 845. The summed E-state index contributed by atoms with van der Waals surface area (Å²) in [6.45, 7) is 13.6. The second-order valence-electron chi connectivity index (χ2n) is 8.29. The molecule has 1 saturated heterocycles. The van der Waals surface area contributed by atoms with Gasteiger partial charge in [0.25, 0.3) is 0 Å². The number of aryl methyl sites for hydroxylation is 1. The summed E-state index contributed by atoms with van der Waals surface area (Å²) in [6.07, 6.45) is 0. The Kier molecular flexibility index (Phi) is 7.32. The summed E-state index contributed by atoms with van der Waals surface area (Å²) >= 11 is 0. The lowest BCUT2D eigenvalue weighted by atomic mass is 9.96. The van der Waals surface area contributed by atoms with Gasteiger partial charge in [-0.05, 0) is 60.8 Å². The zero-order chi connectivity index (χ0) is 21.7. The quantitative estimate of drug-likeness (QED) is 0.717. The van der Waals surface area contributed by atoms with E-state index < -0.39 is 0 Å². The highest BCUT2D eigenvalue weighted by Gasteiger charge is 2.20. The van der Waals surface area contributed by atoms with Crippen molar-refractivity contribution in [2.24, 2.45) is 5.92 Å². The molecule has 0 unspecified atom stereocenters. The standard InChI is InChI=1S/C24H33FN4O/c1-5-28-12-14-29(15-13-28)21-10-11-22(18(4)16-21)26-24(30)27-23(17(2)3)19-6-8-20(25)9-7-19/h6-11,16-17,23H,5,12-15H2,1-4H3,(H2,26,27,30)/t23-/m1/s1. The molecule has 2 aromatic rings. The molecule has 1 aliphatic heterocycles. The maximum Gasteiger partial charge on any atom is 0.319 e. The van der Waals surface area contributed by atoms with Crippen LogP contribution in [0.15, 0.2) is 42.5 Å². The largest absolute Gasteiger partial charge is 0.369 e. The third kappa shape index (κ3) is 5.51. The smallest absolute Gasteiger partial charge is 0.319 e. The number of carbonyl (C=O) groups is 1. The normalized spacial score (nSPS) is 15.9. The number of nitrogens with one attached hydrogen (secondary N) is 2. The molecular formula is C24H33FN4O. The van der Waals surface area contributed by atoms with Crippen molar-refractivity contribution in [1.29, 1.82) is 0 Å². The van der Waals surface area contributed by atoms with Gasteiger partial charge < -0.3 is 20.4 Å². The van der Waals surface area contributed by atoms with E-state index in [1.165, 1.54) is 17.8 Å². The fourth-order valence-electron chi connectivity index (χ4n) is 3.91. The average Bonchev–Trinajstić information content (AvgIpc) is 2.74. The van der Waals surface area contributed by atoms with E-state index in [2.05, 4.69) is 39.5 Å². The molecule has 0 spiro atoms. The summed E-state index contributed by atoms with van der Waals surface area (Å²) in [4.78, 5) is 17.5. The molecule has 5 nitrogen and oxygen atoms in total. The third-order valence-corrected chi connectivity index (χ3v) is 5.83. The number of likely N-dealkylation sites (N-methyl/N-ethyl adjacent to an activating group) is 1. The minimum absolute atomic E-state index is 0.173. The summed E-state index contributed by atoms with van der Waals surface area (Å²) in [5, 5.41) is 6.00. The van der Waals surface area contributed by atoms with Gasteiger partial charge >= 0.3 is 6.03 Å². The molecule has 0 aromatic heterocycles. The summed E-state index contributed by atoms with van der Waals surface area (Å²) in [6, 6.07) is 12.0. The molecular weight excluding hydrogens is 379 g/mol. The van der Waals surface area contributed by atoms with Crippen molar-refractivity contribution < 1.29 is 9.18 Å². The van der Waals surface area contributed by atoms with E-state index in [1.807, 2.05) is 26.8 Å². The van der Waals surface area contributed by atoms with Crippen LogP contribution in [0.25, 0.3) is 0 Å². The van der Waals surface area contributed by atoms with Gasteiger partial charge in [0.2, 0.25) is 0 Å². The van der Waals surface area contributed by atoms with Crippen LogP contribution in [0.1, 0.15) is 37.9 Å². The summed E-state index contributed by atoms with van der Waals surface area (Å²) in [5.41, 5.74) is 3.91. The Balaban J connectivity index is 1.63. The van der Waals surface area contributed by atoms with Gasteiger partial charge in [-0.1, -0.05) is 32.9 Å². The zero-order valence-corrected chi connectivity index (χ0v) is 18.4. The number of nitrogens with zero attached hydrogens (tertiary/aromatic N) is 2. The highest BCUT2D eigenvalue weighted by atomic mass is 19.1. The van der Waals surface area contributed by atoms with Crippen molar-refractivity contribution in [2.75, 3.05) is 42.9 Å². The SMILES string of the molecule is CCN1CCN(c2ccc(NC(=O)N[C@@H](c3ccc(F)cc3)C(C)C)c(C)c2)CC1. The van der Waals surface area contributed by atoms with Gasteiger partial charge in [0.05, 0.1) is 6.04 Å². The predicted octanol–water partition coefficient (Wildman–Crippen LogP) is 4.79. The van der Waals surface area contributed by atoms with E-state index in [1.54, 1.807) is 12.1 Å². The van der Waals surface area contributed by atoms with E-state index in [-0.39, 0.29) is 23.8 Å². The van der Waals surface area contributed by atoms with Crippen molar-refractivity contribution in [3.63, 3.8) is 0 Å². The maximum absolute atomic E-state index is 13.2. The fraction of sp³-hybridized carbons (Fsp3) is 0.458. The number of hydrogen-bond acceptors (Lipinski definition) is 3. The van der Waals surface area contributed by atoms with Crippen LogP contribution in [-0.2, 0) is 0 Å². The number of rotatable bonds is 6. The number of halogens is 1. The van der Waals surface area contributed by atoms with Crippen LogP contribution in [0, 0.1) is 18.7 Å². The summed E-state index contributed by atoms with van der Waals surface area (Å²) < 4.78 is 13.2. The van der Waals surface area contributed by atoms with E-state index in [9.17, 15) is 9.18 Å². The number of anilines is 2. The highest BCUT2D eigenvalue weighted by Crippen LogP contribution is 2.25. The second kappa shape index (κ2) is 9.94. The minimum Gasteiger partial charge on any atom is -0.369 e. The predicted molar refractivity (Wildman–Crippen MR) is 122 cm³/mol. The molecule has 2 N–H and O–H groups in total. The van der Waals surface area contributed by atoms with Crippen LogP contribution >= 0.6 is 0 Å². The van der Waals surface area contributed by atoms with Crippen LogP contribution in [0.4, 0.5) is 20.6 Å². The number of piperazine rings is 1. The molecule has 30 heavy (non-hydrogen) atoms. The monoisotopic (exact) mass is 412 g/mol. The van der Waals surface area contributed by atoms with E-state index >= 15 is 0 Å². The molecule has 6 heteroatoms. The molecule has 2 aromatic carbocycles. The van der Waals surface area contributed by atoms with Crippen molar-refractivity contribution >= 4 is 17.4 Å². The van der Waals surface area contributed by atoms with Crippen molar-refractivity contribution in [2.45, 2.75) is 33.7 Å². The minimum atomic E-state index is -0.280. The van der Waals surface area contributed by atoms with Crippen LogP contribution in [0.2, 0.25) is 0 Å². The van der Waals surface area contributed by atoms with Crippen LogP contribution < -0.4 is 15.5 Å². The van der Waals surface area contributed by atoms with Crippen LogP contribution in [-0.4, -0.2) is 43.7 Å². The maximum atomic E-state index is 13.2. The molecule has 162 valence electrons. The Hall–Kier alpha value is -2.60. The Morgan fingerprint density at radius 2 is 1.73 bits per heavy atom. The number of amides is 2. The first-order valence-electron chi connectivity index (χ1n) is 10.8. The first-order valence-corrected chi connectivity index (χ1v) is 10.8. The molecule has 0 radical (unpaired) electrons. The van der Waals surface area contributed by atoms with Gasteiger partial charge in [-0.3, -0.25) is 0 Å². The first-order chi connectivity index (χ1) is 14.4. The number of carbonyl (C=O) groups excluding carboxylic acids is 1. The average molecular weight is 413 g/mol. The van der Waals surface area contributed by atoms with E-state index in [0.29, 0.717) is 0 Å². The van der Waals surface area contributed by atoms with Gasteiger partial charge in [0.1, 0.15) is 5.82 Å². The molecule has 1 heterocycles. The number of benzene rings is 2. The molecule has 3 rings (SSSR count). The number of urea groups is 1. The summed E-state index contributed by atoms with van der Waals surface area (Å²) in [7, 11) is 0. The van der Waals surface area contributed by atoms with Crippen molar-refractivity contribution in [3.05, 3.63) is 59.4 Å². The second-order valence-corrected chi connectivity index (χ2v) is 8.29. The lowest BCUT2D eigenvalue weighted by Crippen LogP contribution is -2.46.